The van der Waals surface area contributed by atoms with Crippen LogP contribution in [0.3, 0.4) is 0 Å². The molecular formula is C20H28N7O3S+. The van der Waals surface area contributed by atoms with E-state index in [4.69, 9.17) is 0 Å². The van der Waals surface area contributed by atoms with E-state index in [1.807, 2.05) is 37.4 Å². The van der Waals surface area contributed by atoms with Crippen LogP contribution in [0, 0.1) is 6.92 Å². The molecule has 1 atom stereocenters. The highest BCUT2D eigenvalue weighted by Gasteiger charge is 2.22. The molecule has 1 aromatic carbocycles. The van der Waals surface area contributed by atoms with Crippen LogP contribution in [0.15, 0.2) is 40.8 Å². The summed E-state index contributed by atoms with van der Waals surface area (Å²) in [6, 6.07) is 7.80. The minimum Gasteiger partial charge on any atom is -0.347 e. The second kappa shape index (κ2) is 10.4. The summed E-state index contributed by atoms with van der Waals surface area (Å²) in [5, 5.41) is 19.0. The van der Waals surface area contributed by atoms with Crippen LogP contribution in [0.1, 0.15) is 40.9 Å². The molecule has 1 aromatic heterocycles. The monoisotopic (exact) mass is 446 g/mol. The molecule has 0 saturated carbocycles. The molecule has 0 aliphatic carbocycles. The Bertz CT molecular complexity index is 1080. The van der Waals surface area contributed by atoms with Gasteiger partial charge in [-0.2, -0.15) is 0 Å². The molecule has 166 valence electrons. The highest BCUT2D eigenvalue weighted by Crippen LogP contribution is 2.07. The number of benzene rings is 1. The van der Waals surface area contributed by atoms with Crippen molar-refractivity contribution in [2.24, 2.45) is 10.3 Å². The summed E-state index contributed by atoms with van der Waals surface area (Å²) in [7, 11) is -2.99. The minimum absolute atomic E-state index is 0.105. The van der Waals surface area contributed by atoms with Gasteiger partial charge in [-0.15, -0.1) is 9.78 Å². The lowest BCUT2D eigenvalue weighted by atomic mass is 10.1. The lowest BCUT2D eigenvalue weighted by Crippen LogP contribution is -2.23. The average Bonchev–Trinajstić information content (AvgIpc) is 3.37. The molecule has 1 aliphatic rings. The third-order valence-electron chi connectivity index (χ3n) is 4.77. The van der Waals surface area contributed by atoms with E-state index in [2.05, 4.69) is 26.0 Å². The van der Waals surface area contributed by atoms with E-state index < -0.39 is 9.84 Å². The van der Waals surface area contributed by atoms with Crippen LogP contribution < -0.4 is 5.32 Å². The lowest BCUT2D eigenvalue weighted by molar-refractivity contribution is -0.532. The third kappa shape index (κ3) is 7.67. The highest BCUT2D eigenvalue weighted by atomic mass is 32.2. The molecule has 2 aromatic rings. The van der Waals surface area contributed by atoms with Gasteiger partial charge in [0.1, 0.15) is 27.8 Å². The van der Waals surface area contributed by atoms with E-state index in [9.17, 15) is 13.2 Å². The van der Waals surface area contributed by atoms with E-state index in [1.165, 1.54) is 6.26 Å². The zero-order valence-electron chi connectivity index (χ0n) is 17.8. The van der Waals surface area contributed by atoms with Gasteiger partial charge in [-0.25, -0.2) is 8.42 Å². The molecular weight excluding hydrogens is 418 g/mol. The minimum atomic E-state index is -2.99. The van der Waals surface area contributed by atoms with Crippen LogP contribution in [0.25, 0.3) is 0 Å². The van der Waals surface area contributed by atoms with Crippen molar-refractivity contribution >= 4 is 22.0 Å². The molecule has 0 saturated heterocycles. The second-order valence-electron chi connectivity index (χ2n) is 7.75. The summed E-state index contributed by atoms with van der Waals surface area (Å²) in [5.41, 5.74) is 2.48. The second-order valence-corrected chi connectivity index (χ2v) is 10.0. The number of hydrogen-bond acceptors (Lipinski definition) is 7. The number of nitrogens with zero attached hydrogens (tertiary/aromatic N) is 6. The van der Waals surface area contributed by atoms with Gasteiger partial charge in [-0.3, -0.25) is 9.48 Å². The predicted octanol–water partition coefficient (Wildman–Crippen LogP) is 1.56. The standard InChI is InChI=1S/C20H27N7O3S/c1-16-6-5-7-17(12-16)13-21-20(28)19-15-27(25-23-19)10-4-3-9-26-14-18(22-24-26)8-11-31(2,29)30/h5-7,12,14-15,18H,3-4,8-11,13H2,1-2H3/p+1. The Labute approximate surface area is 182 Å². The number of carbonyl (C=O) groups excluding carboxylic acids is 1. The molecule has 31 heavy (non-hydrogen) atoms. The molecule has 1 unspecified atom stereocenters. The zero-order chi connectivity index (χ0) is 22.3. The predicted molar refractivity (Wildman–Crippen MR) is 116 cm³/mol. The van der Waals surface area contributed by atoms with Crippen LogP contribution in [-0.2, 0) is 22.9 Å². The van der Waals surface area contributed by atoms with Crippen LogP contribution in [-0.4, -0.2) is 64.8 Å². The normalized spacial score (nSPS) is 15.8. The number of carbonyl (C=O) groups is 1. The Morgan fingerprint density at radius 3 is 2.90 bits per heavy atom. The van der Waals surface area contributed by atoms with Crippen molar-refractivity contribution in [3.8, 4) is 0 Å². The molecule has 1 aliphatic heterocycles. The summed E-state index contributed by atoms with van der Waals surface area (Å²) < 4.78 is 25.9. The highest BCUT2D eigenvalue weighted by molar-refractivity contribution is 7.90. The molecule has 2 heterocycles. The van der Waals surface area contributed by atoms with Gasteiger partial charge < -0.3 is 5.32 Å². The van der Waals surface area contributed by atoms with Crippen molar-refractivity contribution in [3.05, 3.63) is 47.3 Å². The quantitative estimate of drug-likeness (QED) is 0.415. The Kier molecular flexibility index (Phi) is 7.61. The molecule has 0 bridgehead atoms. The fraction of sp³-hybridized carbons (Fsp3) is 0.500. The number of aryl methyl sites for hydroxylation is 2. The fourth-order valence-electron chi connectivity index (χ4n) is 3.13. The Balaban J connectivity index is 1.36. The first-order valence-corrected chi connectivity index (χ1v) is 12.3. The van der Waals surface area contributed by atoms with Crippen molar-refractivity contribution in [1.29, 1.82) is 0 Å². The van der Waals surface area contributed by atoms with Gasteiger partial charge in [-0.05, 0) is 25.3 Å². The summed E-state index contributed by atoms with van der Waals surface area (Å²) >= 11 is 0. The van der Waals surface area contributed by atoms with Crippen LogP contribution >= 0.6 is 0 Å². The van der Waals surface area contributed by atoms with Crippen LogP contribution in [0.4, 0.5) is 0 Å². The molecule has 11 heteroatoms. The van der Waals surface area contributed by atoms with Gasteiger partial charge in [0.25, 0.3) is 5.91 Å². The Morgan fingerprint density at radius 1 is 1.29 bits per heavy atom. The number of nitrogens with one attached hydrogen (secondary N) is 1. The SMILES string of the molecule is Cc1cccc(CNC(=O)c2cn(CCCC[N+]3=CC(CCS(C)(=O)=O)N=N3)nn2)c1. The molecule has 0 fully saturated rings. The van der Waals surface area contributed by atoms with E-state index in [0.717, 1.165) is 24.0 Å². The molecule has 1 N–H and O–H groups in total. The first-order valence-electron chi connectivity index (χ1n) is 10.2. The summed E-state index contributed by atoms with van der Waals surface area (Å²) in [5.74, 6) is -0.145. The maximum atomic E-state index is 12.3. The number of unbranched alkanes of at least 4 members (excludes halogenated alkanes) is 1. The van der Waals surface area contributed by atoms with Gasteiger partial charge in [0.15, 0.2) is 5.69 Å². The topological polar surface area (TPSA) is 122 Å². The summed E-state index contributed by atoms with van der Waals surface area (Å²) in [4.78, 5) is 12.3. The van der Waals surface area contributed by atoms with Crippen LogP contribution in [0.2, 0.25) is 0 Å². The average molecular weight is 447 g/mol. The van der Waals surface area contributed by atoms with Gasteiger partial charge in [0, 0.05) is 30.9 Å². The van der Waals surface area contributed by atoms with Crippen molar-refractivity contribution in [2.45, 2.75) is 45.3 Å². The third-order valence-corrected chi connectivity index (χ3v) is 5.75. The number of aromatic nitrogens is 3. The van der Waals surface area contributed by atoms with Gasteiger partial charge in [-0.1, -0.05) is 35.0 Å². The number of sulfone groups is 1. The number of amides is 1. The van der Waals surface area contributed by atoms with E-state index in [-0.39, 0.29) is 17.7 Å². The Morgan fingerprint density at radius 2 is 2.13 bits per heavy atom. The van der Waals surface area contributed by atoms with Gasteiger partial charge >= 0.3 is 0 Å². The molecule has 1 amide bonds. The van der Waals surface area contributed by atoms with E-state index in [1.54, 1.807) is 15.6 Å². The first-order chi connectivity index (χ1) is 14.8. The number of hydrogen-bond donors (Lipinski definition) is 1. The Hall–Kier alpha value is -2.95. The summed E-state index contributed by atoms with van der Waals surface area (Å²) in [6.07, 6.45) is 6.86. The summed E-state index contributed by atoms with van der Waals surface area (Å²) in [6.45, 7) is 3.79. The molecule has 10 nitrogen and oxygen atoms in total. The molecule has 0 spiro atoms. The molecule has 0 radical (unpaired) electrons. The largest absolute Gasteiger partial charge is 0.347 e. The molecule has 3 rings (SSSR count). The van der Waals surface area contributed by atoms with Gasteiger partial charge in [0.05, 0.1) is 11.9 Å². The van der Waals surface area contributed by atoms with E-state index >= 15 is 0 Å². The van der Waals surface area contributed by atoms with E-state index in [0.29, 0.717) is 31.7 Å². The van der Waals surface area contributed by atoms with Crippen LogP contribution in [0.5, 0.6) is 0 Å². The zero-order valence-corrected chi connectivity index (χ0v) is 18.6. The lowest BCUT2D eigenvalue weighted by Gasteiger charge is -2.04. The van der Waals surface area contributed by atoms with Gasteiger partial charge in [0.2, 0.25) is 6.04 Å². The number of rotatable bonds is 11. The smallest absolute Gasteiger partial charge is 0.273 e. The fourth-order valence-corrected chi connectivity index (χ4v) is 3.80. The van der Waals surface area contributed by atoms with Crippen molar-refractivity contribution < 1.29 is 17.9 Å². The van der Waals surface area contributed by atoms with Crippen molar-refractivity contribution in [3.63, 3.8) is 0 Å². The first kappa shape index (κ1) is 22.7. The van der Waals surface area contributed by atoms with Crippen molar-refractivity contribution in [1.82, 2.24) is 20.3 Å². The van der Waals surface area contributed by atoms with Crippen molar-refractivity contribution in [2.75, 3.05) is 18.6 Å². The maximum Gasteiger partial charge on any atom is 0.273 e. The maximum absolute atomic E-state index is 12.3.